The summed E-state index contributed by atoms with van der Waals surface area (Å²) in [4.78, 5) is 26.7. The van der Waals surface area contributed by atoms with Crippen molar-refractivity contribution in [3.05, 3.63) is 30.3 Å². The Bertz CT molecular complexity index is 641. The van der Waals surface area contributed by atoms with Gasteiger partial charge in [0.1, 0.15) is 0 Å². The number of benzene rings is 1. The van der Waals surface area contributed by atoms with Crippen LogP contribution in [0.1, 0.15) is 6.42 Å². The maximum atomic E-state index is 13.1. The topological polar surface area (TPSA) is 60.9 Å². The quantitative estimate of drug-likeness (QED) is 0.877. The normalized spacial score (nSPS) is 27.4. The van der Waals surface area contributed by atoms with E-state index in [4.69, 9.17) is 5.11 Å². The highest BCUT2D eigenvalue weighted by molar-refractivity contribution is 5.99. The zero-order chi connectivity index (χ0) is 17.5. The summed E-state index contributed by atoms with van der Waals surface area (Å²) < 4.78 is 39.3. The fraction of sp³-hybridized carbons (Fsp3) is 0.500. The number of hydrogen-bond donors (Lipinski definition) is 1. The molecule has 0 radical (unpaired) electrons. The third kappa shape index (κ3) is 3.74. The first-order valence-corrected chi connectivity index (χ1v) is 7.69. The van der Waals surface area contributed by atoms with Crippen LogP contribution in [0.15, 0.2) is 30.3 Å². The summed E-state index contributed by atoms with van der Waals surface area (Å²) in [6.45, 7) is -0.281. The molecule has 9 heteroatoms. The molecule has 1 aromatic rings. The van der Waals surface area contributed by atoms with Crippen LogP contribution in [0.25, 0.3) is 0 Å². The molecule has 0 bridgehead atoms. The first-order valence-electron chi connectivity index (χ1n) is 7.69. The zero-order valence-corrected chi connectivity index (χ0v) is 14.0. The van der Waals surface area contributed by atoms with E-state index in [0.29, 0.717) is 18.7 Å². The van der Waals surface area contributed by atoms with E-state index in [2.05, 4.69) is 0 Å². The second kappa shape index (κ2) is 7.21. The van der Waals surface area contributed by atoms with Crippen molar-refractivity contribution >= 4 is 30.0 Å². The highest BCUT2D eigenvalue weighted by Crippen LogP contribution is 2.39. The highest BCUT2D eigenvalue weighted by atomic mass is 35.5. The Labute approximate surface area is 148 Å². The number of anilines is 1. The van der Waals surface area contributed by atoms with Crippen molar-refractivity contribution < 1.29 is 27.9 Å². The van der Waals surface area contributed by atoms with Gasteiger partial charge < -0.3 is 10.0 Å². The van der Waals surface area contributed by atoms with E-state index in [1.165, 1.54) is 4.90 Å². The molecule has 138 valence electrons. The molecule has 0 aromatic heterocycles. The van der Waals surface area contributed by atoms with E-state index in [-0.39, 0.29) is 24.9 Å². The first kappa shape index (κ1) is 19.5. The number of aliphatic carboxylic acids is 1. The molecular weight excluding hydrogens is 361 g/mol. The third-order valence-corrected chi connectivity index (χ3v) is 4.77. The predicted octanol–water partition coefficient (Wildman–Crippen LogP) is 2.41. The smallest absolute Gasteiger partial charge is 0.393 e. The van der Waals surface area contributed by atoms with Crippen molar-refractivity contribution in [3.8, 4) is 0 Å². The van der Waals surface area contributed by atoms with Gasteiger partial charge in [-0.15, -0.1) is 12.4 Å². The molecule has 1 aromatic carbocycles. The summed E-state index contributed by atoms with van der Waals surface area (Å²) in [5, 5.41) is 9.08. The number of rotatable bonds is 3. The van der Waals surface area contributed by atoms with E-state index >= 15 is 0 Å². The van der Waals surface area contributed by atoms with Crippen molar-refractivity contribution in [1.29, 1.82) is 0 Å². The summed E-state index contributed by atoms with van der Waals surface area (Å²) in [6.07, 6.45) is -4.19. The molecule has 25 heavy (non-hydrogen) atoms. The number of hydrogen-bond acceptors (Lipinski definition) is 3. The second-order valence-corrected chi connectivity index (χ2v) is 6.18. The Morgan fingerprint density at radius 3 is 2.32 bits per heavy atom. The Morgan fingerprint density at radius 1 is 1.16 bits per heavy atom. The van der Waals surface area contributed by atoms with E-state index < -0.39 is 36.6 Å². The molecule has 0 aliphatic carbocycles. The number of carbonyl (C=O) groups excluding carboxylic acids is 1. The Hall–Kier alpha value is -1.80. The van der Waals surface area contributed by atoms with E-state index in [1.807, 2.05) is 6.07 Å². The van der Waals surface area contributed by atoms with Gasteiger partial charge in [0.25, 0.3) is 0 Å². The molecule has 3 rings (SSSR count). The minimum Gasteiger partial charge on any atom is -0.481 e. The van der Waals surface area contributed by atoms with Crippen LogP contribution in [0.5, 0.6) is 0 Å². The number of carboxylic acids is 1. The van der Waals surface area contributed by atoms with Gasteiger partial charge in [-0.1, -0.05) is 18.2 Å². The summed E-state index contributed by atoms with van der Waals surface area (Å²) in [7, 11) is 0. The largest absolute Gasteiger partial charge is 0.481 e. The number of halogens is 4. The van der Waals surface area contributed by atoms with Crippen molar-refractivity contribution in [3.63, 3.8) is 0 Å². The number of carbonyl (C=O) groups is 2. The van der Waals surface area contributed by atoms with Gasteiger partial charge in [0.05, 0.1) is 17.9 Å². The lowest BCUT2D eigenvalue weighted by Gasteiger charge is -2.23. The third-order valence-electron chi connectivity index (χ3n) is 4.77. The van der Waals surface area contributed by atoms with Gasteiger partial charge in [0, 0.05) is 25.3 Å². The fourth-order valence-corrected chi connectivity index (χ4v) is 3.54. The number of amides is 1. The van der Waals surface area contributed by atoms with Gasteiger partial charge >= 0.3 is 12.1 Å². The van der Waals surface area contributed by atoms with Crippen LogP contribution in [0.4, 0.5) is 18.9 Å². The minimum atomic E-state index is -4.58. The lowest BCUT2D eigenvalue weighted by molar-refractivity contribution is -0.188. The molecule has 2 fully saturated rings. The molecule has 2 heterocycles. The average Bonchev–Trinajstić information content (AvgIpc) is 3.11. The van der Waals surface area contributed by atoms with Crippen molar-refractivity contribution in [2.45, 2.75) is 18.6 Å². The van der Waals surface area contributed by atoms with Crippen LogP contribution in [0.2, 0.25) is 0 Å². The van der Waals surface area contributed by atoms with Gasteiger partial charge in [0.2, 0.25) is 5.91 Å². The Kier molecular flexibility index (Phi) is 5.63. The minimum absolute atomic E-state index is 0. The standard InChI is InChI=1S/C16H17F3N2O3.ClH/c17-16(18,19)12-9-20(8-11(12)15(23)24)13-6-7-21(14(13)22)10-4-2-1-3-5-10;/h1-5,11-13H,6-9H2,(H,23,24);1H/t11-,12-,13?;/m1./s1. The van der Waals surface area contributed by atoms with Crippen LogP contribution in [0, 0.1) is 11.8 Å². The molecule has 2 aliphatic heterocycles. The molecule has 1 unspecified atom stereocenters. The van der Waals surface area contributed by atoms with Crippen molar-refractivity contribution in [2.24, 2.45) is 11.8 Å². The molecule has 0 saturated carbocycles. The Morgan fingerprint density at radius 2 is 1.80 bits per heavy atom. The molecule has 2 aliphatic rings. The second-order valence-electron chi connectivity index (χ2n) is 6.18. The zero-order valence-electron chi connectivity index (χ0n) is 13.1. The lowest BCUT2D eigenvalue weighted by atomic mass is 9.96. The predicted molar refractivity (Wildman–Crippen MR) is 86.7 cm³/mol. The number of carboxylic acid groups (broad SMARTS) is 1. The van der Waals surface area contributed by atoms with Crippen molar-refractivity contribution in [1.82, 2.24) is 4.90 Å². The van der Waals surface area contributed by atoms with Crippen molar-refractivity contribution in [2.75, 3.05) is 24.5 Å². The Balaban J connectivity index is 0.00000225. The maximum Gasteiger partial charge on any atom is 0.393 e. The molecule has 3 atom stereocenters. The lowest BCUT2D eigenvalue weighted by Crippen LogP contribution is -2.41. The molecule has 1 N–H and O–H groups in total. The van der Waals surface area contributed by atoms with Gasteiger partial charge in [-0.05, 0) is 18.6 Å². The average molecular weight is 379 g/mol. The van der Waals surface area contributed by atoms with Crippen LogP contribution < -0.4 is 4.90 Å². The van der Waals surface area contributed by atoms with Gasteiger partial charge in [0.15, 0.2) is 0 Å². The molecule has 0 spiro atoms. The van der Waals surface area contributed by atoms with Crippen LogP contribution in [0.3, 0.4) is 0 Å². The molecule has 5 nitrogen and oxygen atoms in total. The van der Waals surface area contributed by atoms with E-state index in [9.17, 15) is 22.8 Å². The van der Waals surface area contributed by atoms with Crippen LogP contribution >= 0.6 is 12.4 Å². The first-order chi connectivity index (χ1) is 11.3. The van der Waals surface area contributed by atoms with Gasteiger partial charge in [-0.25, -0.2) is 0 Å². The number of alkyl halides is 3. The van der Waals surface area contributed by atoms with Gasteiger partial charge in [-0.3, -0.25) is 14.5 Å². The number of likely N-dealkylation sites (tertiary alicyclic amines) is 1. The van der Waals surface area contributed by atoms with E-state index in [0.717, 1.165) is 0 Å². The highest BCUT2D eigenvalue weighted by Gasteiger charge is 2.55. The number of nitrogens with zero attached hydrogens (tertiary/aromatic N) is 2. The molecular formula is C16H18ClF3N2O3. The molecule has 2 saturated heterocycles. The number of para-hydroxylation sites is 1. The molecule has 1 amide bonds. The SMILES string of the molecule is Cl.O=C(O)[C@@H]1CN(C2CCN(c3ccccc3)C2=O)C[C@H]1C(F)(F)F. The van der Waals surface area contributed by atoms with Gasteiger partial charge in [-0.2, -0.15) is 13.2 Å². The summed E-state index contributed by atoms with van der Waals surface area (Å²) in [5.74, 6) is -5.20. The maximum absolute atomic E-state index is 13.1. The van der Waals surface area contributed by atoms with E-state index in [1.54, 1.807) is 29.2 Å². The fourth-order valence-electron chi connectivity index (χ4n) is 3.54. The summed E-state index contributed by atoms with van der Waals surface area (Å²) >= 11 is 0. The monoisotopic (exact) mass is 378 g/mol. The van der Waals surface area contributed by atoms with Crippen LogP contribution in [-0.2, 0) is 9.59 Å². The summed E-state index contributed by atoms with van der Waals surface area (Å²) in [5.41, 5.74) is 0.700. The summed E-state index contributed by atoms with van der Waals surface area (Å²) in [6, 6.07) is 8.22. The van der Waals surface area contributed by atoms with Crippen LogP contribution in [-0.4, -0.2) is 53.7 Å².